The Bertz CT molecular complexity index is 1860. The van der Waals surface area contributed by atoms with Gasteiger partial charge in [-0.1, -0.05) is 350 Å². The van der Waals surface area contributed by atoms with Gasteiger partial charge < -0.3 is 33.8 Å². The van der Waals surface area contributed by atoms with Crippen LogP contribution >= 0.6 is 15.6 Å². The van der Waals surface area contributed by atoms with E-state index in [1.165, 1.54) is 212 Å². The molecule has 570 valence electrons. The van der Waals surface area contributed by atoms with Crippen LogP contribution in [0.25, 0.3) is 0 Å². The summed E-state index contributed by atoms with van der Waals surface area (Å²) in [5.41, 5.74) is 0. The van der Waals surface area contributed by atoms with Gasteiger partial charge in [-0.2, -0.15) is 0 Å². The molecule has 0 aliphatic carbocycles. The molecule has 0 rings (SSSR count). The monoisotopic (exact) mass is 1410 g/mol. The Morgan fingerprint density at radius 1 is 0.281 bits per heavy atom. The van der Waals surface area contributed by atoms with E-state index in [9.17, 15) is 43.2 Å². The first kappa shape index (κ1) is 94.1. The Hall–Kier alpha value is -1.94. The molecule has 3 N–H and O–H groups in total. The predicted molar refractivity (Wildman–Crippen MR) is 391 cm³/mol. The molecule has 0 aromatic heterocycles. The third-order valence-electron chi connectivity index (χ3n) is 18.0. The molecule has 0 amide bonds. The minimum absolute atomic E-state index is 0.107. The van der Waals surface area contributed by atoms with E-state index >= 15 is 0 Å². The number of phosphoric acid groups is 2. The van der Waals surface area contributed by atoms with Crippen molar-refractivity contribution in [1.82, 2.24) is 0 Å². The largest absolute Gasteiger partial charge is 0.472 e. The quantitative estimate of drug-likeness (QED) is 0.0222. The predicted octanol–water partition coefficient (Wildman–Crippen LogP) is 22.7. The van der Waals surface area contributed by atoms with Crippen LogP contribution in [0.2, 0.25) is 0 Å². The van der Waals surface area contributed by atoms with Crippen LogP contribution in [0.4, 0.5) is 0 Å². The van der Waals surface area contributed by atoms with Gasteiger partial charge in [0.15, 0.2) is 12.2 Å². The van der Waals surface area contributed by atoms with E-state index in [-0.39, 0.29) is 25.7 Å². The zero-order chi connectivity index (χ0) is 70.7. The number of hydrogen-bond donors (Lipinski definition) is 3. The lowest BCUT2D eigenvalue weighted by molar-refractivity contribution is -0.161. The molecule has 2 unspecified atom stereocenters. The molecule has 17 nitrogen and oxygen atoms in total. The number of aliphatic hydroxyl groups is 1. The topological polar surface area (TPSA) is 237 Å². The van der Waals surface area contributed by atoms with Crippen molar-refractivity contribution in [2.75, 3.05) is 39.6 Å². The Labute approximate surface area is 588 Å². The second-order valence-electron chi connectivity index (χ2n) is 28.7. The van der Waals surface area contributed by atoms with Crippen LogP contribution in [0.5, 0.6) is 0 Å². The van der Waals surface area contributed by atoms with Crippen molar-refractivity contribution in [3.63, 3.8) is 0 Å². The van der Waals surface area contributed by atoms with E-state index in [1.54, 1.807) is 0 Å². The highest BCUT2D eigenvalue weighted by molar-refractivity contribution is 7.47. The van der Waals surface area contributed by atoms with Gasteiger partial charge in [0.2, 0.25) is 0 Å². The molecule has 0 aliphatic heterocycles. The number of esters is 4. The van der Waals surface area contributed by atoms with E-state index in [1.807, 2.05) is 0 Å². The number of unbranched alkanes of at least 4 members (excludes halogenated alkanes) is 46. The fraction of sp³-hybridized carbons (Fsp3) is 0.948. The fourth-order valence-electron chi connectivity index (χ4n) is 11.8. The summed E-state index contributed by atoms with van der Waals surface area (Å²) in [7, 11) is -9.90. The summed E-state index contributed by atoms with van der Waals surface area (Å²) in [6.07, 6.45) is 57.3. The van der Waals surface area contributed by atoms with E-state index in [2.05, 4.69) is 41.5 Å². The molecule has 0 aliphatic rings. The molecule has 0 spiro atoms. The summed E-state index contributed by atoms with van der Waals surface area (Å²) in [6, 6.07) is 0. The van der Waals surface area contributed by atoms with Crippen molar-refractivity contribution in [3.05, 3.63) is 0 Å². The Morgan fingerprint density at radius 2 is 0.479 bits per heavy atom. The standard InChI is InChI=1S/C77H150O17P2/c1-7-9-11-13-14-15-16-25-33-38-43-49-55-61-76(81)93-72(65-87-74(79)59-53-45-12-10-8-2)67-91-95(83,84)89-63-71(78)64-90-96(85,86)92-68-73(94-77(82)62-56-50-44-39-34-29-24-20-18-22-27-31-36-41-47-52-58-70(5)6)66-88-75(80)60-54-48-42-37-32-28-23-19-17-21-26-30-35-40-46-51-57-69(3)4/h69-73,78H,7-68H2,1-6H3,(H,83,84)(H,85,86)/t71-,72+,73+/m0/s1. The van der Waals surface area contributed by atoms with E-state index < -0.39 is 97.5 Å². The first-order chi connectivity index (χ1) is 46.4. The van der Waals surface area contributed by atoms with Gasteiger partial charge in [0, 0.05) is 25.7 Å². The lowest BCUT2D eigenvalue weighted by Gasteiger charge is -2.21. The van der Waals surface area contributed by atoms with Crippen LogP contribution in [-0.2, 0) is 65.4 Å². The van der Waals surface area contributed by atoms with Crippen LogP contribution < -0.4 is 0 Å². The lowest BCUT2D eigenvalue weighted by atomic mass is 10.0. The molecule has 19 heteroatoms. The maximum Gasteiger partial charge on any atom is 0.472 e. The Balaban J connectivity index is 5.13. The number of ether oxygens (including phenoxy) is 4. The van der Waals surface area contributed by atoms with Crippen molar-refractivity contribution in [3.8, 4) is 0 Å². The second kappa shape index (κ2) is 68.8. The van der Waals surface area contributed by atoms with Crippen LogP contribution in [0.3, 0.4) is 0 Å². The van der Waals surface area contributed by atoms with Crippen LogP contribution in [0.1, 0.15) is 401 Å². The van der Waals surface area contributed by atoms with Gasteiger partial charge in [-0.15, -0.1) is 0 Å². The number of rotatable bonds is 76. The molecular formula is C77H150O17P2. The van der Waals surface area contributed by atoms with Crippen LogP contribution in [0.15, 0.2) is 0 Å². The fourth-order valence-corrected chi connectivity index (χ4v) is 13.4. The van der Waals surface area contributed by atoms with Crippen molar-refractivity contribution >= 4 is 39.5 Å². The summed E-state index contributed by atoms with van der Waals surface area (Å²) >= 11 is 0. The van der Waals surface area contributed by atoms with E-state index in [4.69, 9.17) is 37.0 Å². The molecule has 5 atom stereocenters. The number of phosphoric ester groups is 2. The van der Waals surface area contributed by atoms with Gasteiger partial charge in [0.25, 0.3) is 0 Å². The molecule has 96 heavy (non-hydrogen) atoms. The number of carbonyl (C=O) groups excluding carboxylic acids is 4. The highest BCUT2D eigenvalue weighted by Gasteiger charge is 2.30. The maximum absolute atomic E-state index is 13.1. The minimum atomic E-state index is -4.96. The van der Waals surface area contributed by atoms with Gasteiger partial charge in [-0.25, -0.2) is 9.13 Å². The van der Waals surface area contributed by atoms with Crippen LogP contribution in [0, 0.1) is 11.8 Å². The zero-order valence-corrected chi connectivity index (χ0v) is 64.5. The second-order valence-corrected chi connectivity index (χ2v) is 31.6. The number of hydrogen-bond acceptors (Lipinski definition) is 15. The molecule has 0 radical (unpaired) electrons. The van der Waals surface area contributed by atoms with Crippen molar-refractivity contribution in [1.29, 1.82) is 0 Å². The Kier molecular flexibility index (Phi) is 67.4. The smallest absolute Gasteiger partial charge is 0.462 e. The van der Waals surface area contributed by atoms with Gasteiger partial charge >= 0.3 is 39.5 Å². The molecule has 0 saturated carbocycles. The van der Waals surface area contributed by atoms with Crippen LogP contribution in [-0.4, -0.2) is 96.7 Å². The molecule has 0 bridgehead atoms. The SMILES string of the molecule is CCCCCCCCCCCCCCCC(=O)O[C@H](COC(=O)CCCCCCC)COP(=O)(O)OC[C@H](O)COP(=O)(O)OC[C@@H](COC(=O)CCCCCCCCCCCCCCCCCCC(C)C)OC(=O)CCCCCCCCCCCCCCCCCCC(C)C. The van der Waals surface area contributed by atoms with Crippen molar-refractivity contribution in [2.24, 2.45) is 11.8 Å². The van der Waals surface area contributed by atoms with Gasteiger partial charge in [-0.3, -0.25) is 37.3 Å². The van der Waals surface area contributed by atoms with E-state index in [0.717, 1.165) is 108 Å². The average Bonchev–Trinajstić information content (AvgIpc) is 1.57. The summed E-state index contributed by atoms with van der Waals surface area (Å²) in [6.45, 7) is 9.58. The lowest BCUT2D eigenvalue weighted by Crippen LogP contribution is -2.30. The molecular weight excluding hydrogens is 1260 g/mol. The molecule has 0 aromatic carbocycles. The molecule has 0 fully saturated rings. The van der Waals surface area contributed by atoms with Gasteiger partial charge in [0.05, 0.1) is 26.4 Å². The highest BCUT2D eigenvalue weighted by atomic mass is 31.2. The first-order valence-electron chi connectivity index (χ1n) is 40.0. The average molecular weight is 1410 g/mol. The third kappa shape index (κ3) is 70.5. The molecule has 0 aromatic rings. The number of carbonyl (C=O) groups is 4. The number of aliphatic hydroxyl groups excluding tert-OH is 1. The molecule has 0 heterocycles. The van der Waals surface area contributed by atoms with Crippen molar-refractivity contribution < 1.29 is 80.2 Å². The summed E-state index contributed by atoms with van der Waals surface area (Å²) in [5, 5.41) is 10.6. The minimum Gasteiger partial charge on any atom is -0.462 e. The third-order valence-corrected chi connectivity index (χ3v) is 19.9. The highest BCUT2D eigenvalue weighted by Crippen LogP contribution is 2.45. The van der Waals surface area contributed by atoms with Gasteiger partial charge in [-0.05, 0) is 37.5 Å². The Morgan fingerprint density at radius 3 is 0.708 bits per heavy atom. The summed E-state index contributed by atoms with van der Waals surface area (Å²) < 4.78 is 68.3. The zero-order valence-electron chi connectivity index (χ0n) is 62.7. The normalized spacial score (nSPS) is 14.0. The van der Waals surface area contributed by atoms with Crippen molar-refractivity contribution in [2.45, 2.75) is 419 Å². The summed E-state index contributed by atoms with van der Waals surface area (Å²) in [5.74, 6) is -0.503. The first-order valence-corrected chi connectivity index (χ1v) is 43.0. The molecule has 0 saturated heterocycles. The van der Waals surface area contributed by atoms with Gasteiger partial charge in [0.1, 0.15) is 19.3 Å². The van der Waals surface area contributed by atoms with E-state index in [0.29, 0.717) is 25.7 Å². The summed E-state index contributed by atoms with van der Waals surface area (Å²) in [4.78, 5) is 72.6. The maximum atomic E-state index is 13.1.